The zero-order valence-corrected chi connectivity index (χ0v) is 28.6. The van der Waals surface area contributed by atoms with E-state index in [1.54, 1.807) is 24.3 Å². The van der Waals surface area contributed by atoms with Gasteiger partial charge in [-0.2, -0.15) is 13.2 Å². The molecule has 5 aromatic rings. The van der Waals surface area contributed by atoms with E-state index in [9.17, 15) is 32.7 Å². The van der Waals surface area contributed by atoms with Crippen molar-refractivity contribution < 1.29 is 37.4 Å². The minimum absolute atomic E-state index is 0.0215. The fourth-order valence-electron chi connectivity index (χ4n) is 5.26. The first kappa shape index (κ1) is 36.7. The van der Waals surface area contributed by atoms with Gasteiger partial charge in [0.15, 0.2) is 0 Å². The van der Waals surface area contributed by atoms with Crippen LogP contribution in [-0.4, -0.2) is 28.9 Å². The topological polar surface area (TPSA) is 105 Å². The minimum atomic E-state index is -4.74. The van der Waals surface area contributed by atoms with Crippen LogP contribution < -0.4 is 15.4 Å². The second-order valence-corrected chi connectivity index (χ2v) is 13.3. The molecule has 0 saturated carbocycles. The zero-order valence-electron chi connectivity index (χ0n) is 27.8. The zero-order chi connectivity index (χ0) is 36.9. The van der Waals surface area contributed by atoms with Crippen molar-refractivity contribution >= 4 is 35.1 Å². The number of aliphatic carboxylic acids is 1. The number of halogens is 4. The first-order chi connectivity index (χ1) is 24.1. The quantitative estimate of drug-likeness (QED) is 0.134. The van der Waals surface area contributed by atoms with Crippen LogP contribution in [0.15, 0.2) is 115 Å². The predicted octanol–water partition coefficient (Wildman–Crippen LogP) is 9.79. The standard InChI is InChI=1S/C40H34ClF3N2O5/c1-39(2,3)28-15-13-27(14-16-28)36(47)45-34-20-18-29(51-30-17-19-33(41)32(23-30)40(42,43)44)22-31(34)37(48)46-35(38(49)50)21-24-9-11-26(12-10-24)25-7-5-4-6-8-25/h4-20,22-23,35H,21H2,1-3H3,(H,45,47)(H,46,48)(H,49,50)/t35-/m0/s1. The molecule has 2 amide bonds. The van der Waals surface area contributed by atoms with E-state index in [-0.39, 0.29) is 34.6 Å². The van der Waals surface area contributed by atoms with Crippen LogP contribution in [0.3, 0.4) is 0 Å². The molecule has 7 nitrogen and oxygen atoms in total. The Balaban J connectivity index is 1.43. The minimum Gasteiger partial charge on any atom is -0.480 e. The summed E-state index contributed by atoms with van der Waals surface area (Å²) in [5.74, 6) is -2.96. The molecule has 5 aromatic carbocycles. The lowest BCUT2D eigenvalue weighted by Gasteiger charge is -2.19. The first-order valence-corrected chi connectivity index (χ1v) is 16.2. The van der Waals surface area contributed by atoms with E-state index in [4.69, 9.17) is 16.3 Å². The summed E-state index contributed by atoms with van der Waals surface area (Å²) >= 11 is 5.75. The first-order valence-electron chi connectivity index (χ1n) is 15.9. The SMILES string of the molecule is CC(C)(C)c1ccc(C(=O)Nc2ccc(Oc3ccc(Cl)c(C(F)(F)F)c3)cc2C(=O)N[C@@H](Cc2ccc(-c3ccccc3)cc2)C(=O)O)cc1. The third-order valence-corrected chi connectivity index (χ3v) is 8.41. The van der Waals surface area contributed by atoms with Gasteiger partial charge in [-0.15, -0.1) is 0 Å². The second kappa shape index (κ2) is 15.1. The van der Waals surface area contributed by atoms with Gasteiger partial charge in [0.1, 0.15) is 17.5 Å². The molecule has 0 aliphatic rings. The molecule has 0 bridgehead atoms. The van der Waals surface area contributed by atoms with Crippen molar-refractivity contribution in [1.82, 2.24) is 5.32 Å². The molecule has 0 spiro atoms. The lowest BCUT2D eigenvalue weighted by molar-refractivity contribution is -0.139. The number of benzene rings is 5. The van der Waals surface area contributed by atoms with Crippen molar-refractivity contribution in [2.45, 2.75) is 44.8 Å². The second-order valence-electron chi connectivity index (χ2n) is 12.9. The van der Waals surface area contributed by atoms with E-state index >= 15 is 0 Å². The molecule has 0 aliphatic carbocycles. The number of carbonyl (C=O) groups is 3. The van der Waals surface area contributed by atoms with Gasteiger partial charge in [0.2, 0.25) is 0 Å². The molecule has 0 aliphatic heterocycles. The lowest BCUT2D eigenvalue weighted by atomic mass is 9.86. The van der Waals surface area contributed by atoms with Gasteiger partial charge in [-0.05, 0) is 76.2 Å². The Morgan fingerprint density at radius 3 is 1.98 bits per heavy atom. The summed E-state index contributed by atoms with van der Waals surface area (Å²) in [6, 6.07) is 29.4. The number of nitrogens with one attached hydrogen (secondary N) is 2. The number of rotatable bonds is 10. The molecule has 3 N–H and O–H groups in total. The van der Waals surface area contributed by atoms with Gasteiger partial charge in [0.05, 0.1) is 21.8 Å². The fourth-order valence-corrected chi connectivity index (χ4v) is 5.48. The summed E-state index contributed by atoms with van der Waals surface area (Å²) < 4.78 is 46.2. The van der Waals surface area contributed by atoms with E-state index in [1.807, 2.05) is 75.4 Å². The van der Waals surface area contributed by atoms with E-state index in [0.717, 1.165) is 28.8 Å². The number of hydrogen-bond acceptors (Lipinski definition) is 4. The summed E-state index contributed by atoms with van der Waals surface area (Å²) in [6.07, 6.45) is -4.80. The number of carboxylic acid groups (broad SMARTS) is 1. The Labute approximate surface area is 298 Å². The van der Waals surface area contributed by atoms with Crippen LogP contribution >= 0.6 is 11.6 Å². The molecular formula is C40H34ClF3N2O5. The highest BCUT2D eigenvalue weighted by molar-refractivity contribution is 6.31. The average Bonchev–Trinajstić information content (AvgIpc) is 3.09. The Morgan fingerprint density at radius 2 is 1.37 bits per heavy atom. The van der Waals surface area contributed by atoms with Gasteiger partial charge in [0.25, 0.3) is 11.8 Å². The van der Waals surface area contributed by atoms with Gasteiger partial charge in [-0.25, -0.2) is 4.79 Å². The van der Waals surface area contributed by atoms with Gasteiger partial charge in [-0.1, -0.05) is 99.1 Å². The summed E-state index contributed by atoms with van der Waals surface area (Å²) in [5, 5.41) is 14.8. The number of amides is 2. The average molecular weight is 715 g/mol. The van der Waals surface area contributed by atoms with E-state index < -0.39 is 40.6 Å². The monoisotopic (exact) mass is 714 g/mol. The Morgan fingerprint density at radius 1 is 0.765 bits per heavy atom. The van der Waals surface area contributed by atoms with Gasteiger partial charge in [-0.3, -0.25) is 9.59 Å². The van der Waals surface area contributed by atoms with Crippen molar-refractivity contribution in [3.63, 3.8) is 0 Å². The van der Waals surface area contributed by atoms with Crippen LogP contribution in [0.4, 0.5) is 18.9 Å². The molecule has 51 heavy (non-hydrogen) atoms. The summed E-state index contributed by atoms with van der Waals surface area (Å²) in [4.78, 5) is 39.4. The van der Waals surface area contributed by atoms with Crippen molar-refractivity contribution in [2.24, 2.45) is 0 Å². The Kier molecular flexibility index (Phi) is 10.9. The van der Waals surface area contributed by atoms with Crippen LogP contribution in [-0.2, 0) is 22.8 Å². The lowest BCUT2D eigenvalue weighted by Crippen LogP contribution is -2.42. The maximum Gasteiger partial charge on any atom is 0.417 e. The highest BCUT2D eigenvalue weighted by atomic mass is 35.5. The number of carboxylic acids is 1. The molecule has 262 valence electrons. The molecular weight excluding hydrogens is 681 g/mol. The summed E-state index contributed by atoms with van der Waals surface area (Å²) in [5.41, 5.74) is 2.47. The van der Waals surface area contributed by atoms with Gasteiger partial charge >= 0.3 is 12.1 Å². The molecule has 0 unspecified atom stereocenters. The van der Waals surface area contributed by atoms with Crippen LogP contribution in [0.25, 0.3) is 11.1 Å². The van der Waals surface area contributed by atoms with E-state index in [2.05, 4.69) is 10.6 Å². The molecule has 0 radical (unpaired) electrons. The number of alkyl halides is 3. The third kappa shape index (κ3) is 9.34. The highest BCUT2D eigenvalue weighted by Crippen LogP contribution is 2.38. The highest BCUT2D eigenvalue weighted by Gasteiger charge is 2.34. The largest absolute Gasteiger partial charge is 0.480 e. The molecule has 0 fully saturated rings. The molecule has 0 aromatic heterocycles. The number of ether oxygens (including phenoxy) is 1. The van der Waals surface area contributed by atoms with Gasteiger partial charge in [0, 0.05) is 12.0 Å². The van der Waals surface area contributed by atoms with Crippen molar-refractivity contribution in [2.75, 3.05) is 5.32 Å². The van der Waals surface area contributed by atoms with Gasteiger partial charge < -0.3 is 20.5 Å². The molecule has 11 heteroatoms. The van der Waals surface area contributed by atoms with E-state index in [0.29, 0.717) is 11.1 Å². The maximum atomic E-state index is 13.8. The summed E-state index contributed by atoms with van der Waals surface area (Å²) in [6.45, 7) is 6.11. The van der Waals surface area contributed by atoms with Crippen molar-refractivity contribution in [3.05, 3.63) is 148 Å². The molecule has 5 rings (SSSR count). The number of anilines is 1. The summed E-state index contributed by atoms with van der Waals surface area (Å²) in [7, 11) is 0. The van der Waals surface area contributed by atoms with E-state index in [1.165, 1.54) is 24.3 Å². The number of carbonyl (C=O) groups excluding carboxylic acids is 2. The smallest absolute Gasteiger partial charge is 0.417 e. The van der Waals surface area contributed by atoms with Crippen LogP contribution in [0, 0.1) is 0 Å². The predicted molar refractivity (Wildman–Crippen MR) is 191 cm³/mol. The number of hydrogen-bond donors (Lipinski definition) is 3. The molecule has 0 heterocycles. The third-order valence-electron chi connectivity index (χ3n) is 8.08. The fraction of sp³-hybridized carbons (Fsp3) is 0.175. The van der Waals surface area contributed by atoms with Crippen molar-refractivity contribution in [3.8, 4) is 22.6 Å². The van der Waals surface area contributed by atoms with Crippen LogP contribution in [0.5, 0.6) is 11.5 Å². The van der Waals surface area contributed by atoms with Crippen LogP contribution in [0.1, 0.15) is 58.2 Å². The van der Waals surface area contributed by atoms with Crippen molar-refractivity contribution in [1.29, 1.82) is 0 Å². The maximum absolute atomic E-state index is 13.8. The molecule has 0 saturated heterocycles. The van der Waals surface area contributed by atoms with Crippen LogP contribution in [0.2, 0.25) is 5.02 Å². The Bertz CT molecular complexity index is 2040. The molecule has 1 atom stereocenters. The Hall–Kier alpha value is -5.61. The normalized spacial score (nSPS) is 12.1.